The molecule has 2 rings (SSSR count). The van der Waals surface area contributed by atoms with Crippen molar-refractivity contribution in [1.29, 1.82) is 0 Å². The first-order chi connectivity index (χ1) is 8.49. The molecule has 0 radical (unpaired) electrons. The van der Waals surface area contributed by atoms with E-state index < -0.39 is 16.1 Å². The second-order valence-corrected chi connectivity index (χ2v) is 5.86. The van der Waals surface area contributed by atoms with Crippen LogP contribution in [0, 0.1) is 0 Å². The summed E-state index contributed by atoms with van der Waals surface area (Å²) in [5.41, 5.74) is 0. The first kappa shape index (κ1) is 13.0. The molecule has 1 aliphatic heterocycles. The Balaban J connectivity index is 1.92. The van der Waals surface area contributed by atoms with Gasteiger partial charge in [-0.3, -0.25) is 4.79 Å². The number of hydrogen-bond donors (Lipinski definition) is 2. The third-order valence-electron chi connectivity index (χ3n) is 2.68. The molecule has 18 heavy (non-hydrogen) atoms. The molecule has 0 aliphatic carbocycles. The largest absolute Gasteiger partial charge is 0.389 e. The Morgan fingerprint density at radius 3 is 2.50 bits per heavy atom. The molecule has 0 saturated carbocycles. The van der Waals surface area contributed by atoms with Crippen molar-refractivity contribution >= 4 is 15.9 Å². The van der Waals surface area contributed by atoms with Crippen LogP contribution in [-0.2, 0) is 14.8 Å². The fraction of sp³-hybridized carbons (Fsp3) is 0.364. The molecule has 0 aromatic heterocycles. The van der Waals surface area contributed by atoms with Gasteiger partial charge in [0.1, 0.15) is 0 Å². The first-order valence-electron chi connectivity index (χ1n) is 5.49. The molecule has 1 aromatic rings. The monoisotopic (exact) mass is 270 g/mol. The number of benzene rings is 1. The lowest BCUT2D eigenvalue weighted by molar-refractivity contribution is -0.139. The molecule has 0 atom stereocenters. The van der Waals surface area contributed by atoms with Gasteiger partial charge in [-0.15, -0.1) is 0 Å². The van der Waals surface area contributed by atoms with E-state index in [-0.39, 0.29) is 30.4 Å². The SMILES string of the molecule is O=C(CNS(=O)(=O)c1ccccc1)N1CC(O)C1. The number of β-amino-alcohol motifs (C(OH)–C–C–N with tert-alkyl or cyclic N) is 1. The molecule has 1 fully saturated rings. The highest BCUT2D eigenvalue weighted by molar-refractivity contribution is 7.89. The minimum Gasteiger partial charge on any atom is -0.389 e. The van der Waals surface area contributed by atoms with Crippen LogP contribution in [0.4, 0.5) is 0 Å². The van der Waals surface area contributed by atoms with Crippen molar-refractivity contribution in [3.05, 3.63) is 30.3 Å². The maximum Gasteiger partial charge on any atom is 0.241 e. The van der Waals surface area contributed by atoms with E-state index in [0.717, 1.165) is 0 Å². The first-order valence-corrected chi connectivity index (χ1v) is 6.98. The minimum atomic E-state index is -3.65. The van der Waals surface area contributed by atoms with E-state index >= 15 is 0 Å². The van der Waals surface area contributed by atoms with E-state index in [1.807, 2.05) is 0 Å². The topological polar surface area (TPSA) is 86.7 Å². The van der Waals surface area contributed by atoms with Crippen LogP contribution in [0.15, 0.2) is 35.2 Å². The van der Waals surface area contributed by atoms with Crippen molar-refractivity contribution in [1.82, 2.24) is 9.62 Å². The summed E-state index contributed by atoms with van der Waals surface area (Å²) in [4.78, 5) is 13.1. The molecule has 2 N–H and O–H groups in total. The fourth-order valence-electron chi connectivity index (χ4n) is 1.61. The lowest BCUT2D eigenvalue weighted by Crippen LogP contribution is -2.55. The van der Waals surface area contributed by atoms with Crippen molar-refractivity contribution in [2.45, 2.75) is 11.0 Å². The highest BCUT2D eigenvalue weighted by Gasteiger charge is 2.29. The number of carbonyl (C=O) groups excluding carboxylic acids is 1. The van der Waals surface area contributed by atoms with Crippen molar-refractivity contribution in [2.24, 2.45) is 0 Å². The number of hydrogen-bond acceptors (Lipinski definition) is 4. The van der Waals surface area contributed by atoms with Crippen molar-refractivity contribution in [2.75, 3.05) is 19.6 Å². The number of sulfonamides is 1. The van der Waals surface area contributed by atoms with Gasteiger partial charge in [0.25, 0.3) is 0 Å². The molecule has 98 valence electrons. The molecule has 1 saturated heterocycles. The van der Waals surface area contributed by atoms with Crippen molar-refractivity contribution < 1.29 is 18.3 Å². The number of likely N-dealkylation sites (tertiary alicyclic amines) is 1. The Morgan fingerprint density at radius 1 is 1.33 bits per heavy atom. The van der Waals surface area contributed by atoms with E-state index in [0.29, 0.717) is 0 Å². The molecule has 1 aliphatic rings. The van der Waals surface area contributed by atoms with Crippen LogP contribution < -0.4 is 4.72 Å². The van der Waals surface area contributed by atoms with Gasteiger partial charge in [0.15, 0.2) is 0 Å². The number of aliphatic hydroxyl groups is 1. The summed E-state index contributed by atoms with van der Waals surface area (Å²) in [7, 11) is -3.65. The standard InChI is InChI=1S/C11H14N2O4S/c14-9-7-13(8-9)11(15)6-12-18(16,17)10-4-2-1-3-5-10/h1-5,9,12,14H,6-8H2. The number of rotatable bonds is 4. The van der Waals surface area contributed by atoms with Gasteiger partial charge < -0.3 is 10.0 Å². The summed E-state index contributed by atoms with van der Waals surface area (Å²) in [6, 6.07) is 7.86. The summed E-state index contributed by atoms with van der Waals surface area (Å²) >= 11 is 0. The fourth-order valence-corrected chi connectivity index (χ4v) is 2.61. The van der Waals surface area contributed by atoms with Gasteiger partial charge in [0, 0.05) is 13.1 Å². The molecule has 1 amide bonds. The summed E-state index contributed by atoms with van der Waals surface area (Å²) in [6.45, 7) is 0.252. The van der Waals surface area contributed by atoms with E-state index in [2.05, 4.69) is 4.72 Å². The third kappa shape index (κ3) is 2.87. The van der Waals surface area contributed by atoms with Crippen molar-refractivity contribution in [3.63, 3.8) is 0 Å². The normalized spacial score (nSPS) is 16.4. The van der Waals surface area contributed by atoms with Gasteiger partial charge in [0.2, 0.25) is 15.9 Å². The Bertz CT molecular complexity index is 523. The zero-order valence-corrected chi connectivity index (χ0v) is 10.4. The smallest absolute Gasteiger partial charge is 0.241 e. The summed E-state index contributed by atoms with van der Waals surface area (Å²) in [5, 5.41) is 9.04. The van der Waals surface area contributed by atoms with Crippen LogP contribution in [0.2, 0.25) is 0 Å². The molecule has 7 heteroatoms. The lowest BCUT2D eigenvalue weighted by Gasteiger charge is -2.35. The Morgan fingerprint density at radius 2 is 1.94 bits per heavy atom. The number of aliphatic hydroxyl groups excluding tert-OH is 1. The van der Waals surface area contributed by atoms with Gasteiger partial charge in [-0.25, -0.2) is 13.1 Å². The highest BCUT2D eigenvalue weighted by Crippen LogP contribution is 2.09. The highest BCUT2D eigenvalue weighted by atomic mass is 32.2. The third-order valence-corrected chi connectivity index (χ3v) is 4.10. The zero-order chi connectivity index (χ0) is 13.2. The van der Waals surface area contributed by atoms with Gasteiger partial charge in [-0.05, 0) is 12.1 Å². The van der Waals surface area contributed by atoms with Crippen LogP contribution in [0.25, 0.3) is 0 Å². The molecule has 1 aromatic carbocycles. The summed E-state index contributed by atoms with van der Waals surface area (Å²) in [6.07, 6.45) is -0.486. The van der Waals surface area contributed by atoms with Crippen LogP contribution >= 0.6 is 0 Å². The average molecular weight is 270 g/mol. The molecule has 6 nitrogen and oxygen atoms in total. The second-order valence-electron chi connectivity index (χ2n) is 4.09. The predicted molar refractivity (Wildman–Crippen MR) is 64.2 cm³/mol. The number of nitrogens with zero attached hydrogens (tertiary/aromatic N) is 1. The summed E-state index contributed by atoms with van der Waals surface area (Å²) < 4.78 is 25.8. The molecule has 0 bridgehead atoms. The quantitative estimate of drug-likeness (QED) is 0.747. The Labute approximate surface area is 105 Å². The molecule has 0 unspecified atom stereocenters. The van der Waals surface area contributed by atoms with Crippen LogP contribution in [0.1, 0.15) is 0 Å². The van der Waals surface area contributed by atoms with Gasteiger partial charge in [0.05, 0.1) is 17.5 Å². The zero-order valence-electron chi connectivity index (χ0n) is 9.61. The van der Waals surface area contributed by atoms with Crippen LogP contribution in [-0.4, -0.2) is 50.1 Å². The van der Waals surface area contributed by atoms with Gasteiger partial charge in [-0.1, -0.05) is 18.2 Å². The second kappa shape index (κ2) is 5.05. The lowest BCUT2D eigenvalue weighted by atomic mass is 10.2. The number of carbonyl (C=O) groups is 1. The minimum absolute atomic E-state index is 0.126. The Kier molecular flexibility index (Phi) is 3.65. The average Bonchev–Trinajstić information content (AvgIpc) is 2.33. The molecule has 1 heterocycles. The van der Waals surface area contributed by atoms with Gasteiger partial charge >= 0.3 is 0 Å². The van der Waals surface area contributed by atoms with E-state index in [4.69, 9.17) is 5.11 Å². The maximum atomic E-state index is 11.8. The van der Waals surface area contributed by atoms with E-state index in [9.17, 15) is 13.2 Å². The van der Waals surface area contributed by atoms with Crippen LogP contribution in [0.5, 0.6) is 0 Å². The van der Waals surface area contributed by atoms with Gasteiger partial charge in [-0.2, -0.15) is 0 Å². The molecular weight excluding hydrogens is 256 g/mol. The Hall–Kier alpha value is -1.44. The number of nitrogens with one attached hydrogen (secondary N) is 1. The molecular formula is C11H14N2O4S. The predicted octanol–water partition coefficient (Wildman–Crippen LogP) is -0.832. The number of amides is 1. The molecule has 0 spiro atoms. The van der Waals surface area contributed by atoms with E-state index in [1.165, 1.54) is 17.0 Å². The maximum absolute atomic E-state index is 11.8. The summed E-state index contributed by atoms with van der Waals surface area (Å²) in [5.74, 6) is -0.334. The van der Waals surface area contributed by atoms with Crippen LogP contribution in [0.3, 0.4) is 0 Å². The van der Waals surface area contributed by atoms with Crippen molar-refractivity contribution in [3.8, 4) is 0 Å². The van der Waals surface area contributed by atoms with E-state index in [1.54, 1.807) is 18.2 Å².